The molecular weight excluding hydrogens is 458 g/mol. The summed E-state index contributed by atoms with van der Waals surface area (Å²) in [7, 11) is 1.39. The number of carboxylic acids is 1. The minimum Gasteiger partial charge on any atom is -0.481 e. The van der Waals surface area contributed by atoms with Gasteiger partial charge in [0, 0.05) is 24.1 Å². The number of aryl methyl sites for hydroxylation is 1. The summed E-state index contributed by atoms with van der Waals surface area (Å²) in [6.07, 6.45) is 4.20. The Hall–Kier alpha value is -3.39. The molecule has 0 bridgehead atoms. The molecule has 2 aromatic carbocycles. The van der Waals surface area contributed by atoms with Crippen LogP contribution in [0, 0.1) is 0 Å². The average molecular weight is 492 g/mol. The number of fused-ring (bicyclic) bond motifs is 3. The molecule has 2 aliphatic rings. The predicted molar refractivity (Wildman–Crippen MR) is 136 cm³/mol. The molecule has 1 unspecified atom stereocenters. The van der Waals surface area contributed by atoms with Crippen LogP contribution >= 0.6 is 0 Å². The monoisotopic (exact) mass is 491 g/mol. The van der Waals surface area contributed by atoms with Crippen molar-refractivity contribution in [3.63, 3.8) is 0 Å². The number of aromatic nitrogens is 2. The first-order valence-corrected chi connectivity index (χ1v) is 12.7. The molecule has 2 atom stereocenters. The van der Waals surface area contributed by atoms with Crippen molar-refractivity contribution in [2.45, 2.75) is 76.0 Å². The number of amides is 1. The lowest BCUT2D eigenvalue weighted by Crippen LogP contribution is -2.42. The fourth-order valence-corrected chi connectivity index (χ4v) is 5.91. The number of carboxylic acid groups (broad SMARTS) is 1. The average Bonchev–Trinajstić information content (AvgIpc) is 3.26. The first kappa shape index (κ1) is 24.3. The molecule has 190 valence electrons. The lowest BCUT2D eigenvalue weighted by atomic mass is 9.91. The van der Waals surface area contributed by atoms with Gasteiger partial charge in [-0.2, -0.15) is 0 Å². The molecule has 1 saturated carbocycles. The molecule has 1 fully saturated rings. The van der Waals surface area contributed by atoms with Gasteiger partial charge >= 0.3 is 12.1 Å². The van der Waals surface area contributed by atoms with Crippen LogP contribution in [0.5, 0.6) is 0 Å². The minimum atomic E-state index is -0.883. The lowest BCUT2D eigenvalue weighted by Gasteiger charge is -2.34. The third-order valence-corrected chi connectivity index (χ3v) is 7.82. The third-order valence-electron chi connectivity index (χ3n) is 7.82. The number of hydrogen-bond acceptors (Lipinski definition) is 5. The van der Waals surface area contributed by atoms with Crippen LogP contribution in [0.1, 0.15) is 67.9 Å². The fourth-order valence-electron chi connectivity index (χ4n) is 5.91. The summed E-state index contributed by atoms with van der Waals surface area (Å²) in [5.41, 5.74) is 4.34. The zero-order chi connectivity index (χ0) is 25.4. The van der Waals surface area contributed by atoms with Crippen LogP contribution in [-0.2, 0) is 22.4 Å². The molecule has 2 N–H and O–H groups in total. The Kier molecular flexibility index (Phi) is 6.71. The van der Waals surface area contributed by atoms with Crippen LogP contribution in [0.4, 0.5) is 10.5 Å². The summed E-state index contributed by atoms with van der Waals surface area (Å²) in [4.78, 5) is 31.7. The smallest absolute Gasteiger partial charge is 0.414 e. The molecule has 1 aliphatic heterocycles. The maximum absolute atomic E-state index is 12.6. The largest absolute Gasteiger partial charge is 0.481 e. The van der Waals surface area contributed by atoms with Crippen LogP contribution in [-0.4, -0.2) is 51.1 Å². The summed E-state index contributed by atoms with van der Waals surface area (Å²) in [5.74, 6) is -0.871. The normalized spacial score (nSPS) is 22.8. The highest BCUT2D eigenvalue weighted by atomic mass is 16.5. The molecule has 1 aliphatic carbocycles. The van der Waals surface area contributed by atoms with Crippen molar-refractivity contribution in [2.75, 3.05) is 12.0 Å². The molecule has 3 aromatic rings. The number of aliphatic carboxylic acids is 1. The van der Waals surface area contributed by atoms with Crippen molar-refractivity contribution < 1.29 is 24.5 Å². The predicted octanol–water partition coefficient (Wildman–Crippen LogP) is 4.83. The molecule has 5 rings (SSSR count). The van der Waals surface area contributed by atoms with Crippen molar-refractivity contribution >= 4 is 28.8 Å². The van der Waals surface area contributed by atoms with E-state index in [0.717, 1.165) is 59.4 Å². The van der Waals surface area contributed by atoms with Gasteiger partial charge in [0.25, 0.3) is 0 Å². The van der Waals surface area contributed by atoms with Gasteiger partial charge < -0.3 is 19.5 Å². The highest BCUT2D eigenvalue weighted by molar-refractivity contribution is 5.95. The summed E-state index contributed by atoms with van der Waals surface area (Å²) in [5, 5.41) is 20.2. The summed E-state index contributed by atoms with van der Waals surface area (Å²) in [6, 6.07) is 13.4. The molecule has 0 radical (unpaired) electrons. The number of aliphatic hydroxyl groups excluding tert-OH is 1. The van der Waals surface area contributed by atoms with Crippen molar-refractivity contribution in [3.05, 3.63) is 59.4 Å². The van der Waals surface area contributed by atoms with E-state index in [1.54, 1.807) is 4.90 Å². The van der Waals surface area contributed by atoms with Gasteiger partial charge in [0.05, 0.1) is 35.9 Å². The number of hydrogen-bond donors (Lipinski definition) is 2. The van der Waals surface area contributed by atoms with E-state index in [2.05, 4.69) is 4.57 Å². The first-order chi connectivity index (χ1) is 17.4. The maximum atomic E-state index is 12.6. The second-order valence-corrected chi connectivity index (χ2v) is 10.0. The first-order valence-electron chi connectivity index (χ1n) is 12.7. The number of benzene rings is 2. The molecule has 1 amide bonds. The molecule has 2 heterocycles. The van der Waals surface area contributed by atoms with Gasteiger partial charge in [0.15, 0.2) is 0 Å². The number of nitrogens with zero attached hydrogens (tertiary/aromatic N) is 3. The summed E-state index contributed by atoms with van der Waals surface area (Å²) in [6.45, 7) is 2.01. The van der Waals surface area contributed by atoms with E-state index < -0.39 is 18.0 Å². The minimum absolute atomic E-state index is 0.0123. The highest BCUT2D eigenvalue weighted by Crippen LogP contribution is 2.40. The fraction of sp³-hybridized carbons (Fsp3) is 0.464. The van der Waals surface area contributed by atoms with E-state index in [1.165, 1.54) is 7.11 Å². The molecule has 8 heteroatoms. The van der Waals surface area contributed by atoms with Crippen molar-refractivity contribution in [2.24, 2.45) is 0 Å². The Bertz CT molecular complexity index is 1260. The topological polar surface area (TPSA) is 105 Å². The molecule has 0 saturated heterocycles. The number of carbonyl (C=O) groups excluding carboxylic acids is 1. The van der Waals surface area contributed by atoms with E-state index in [-0.39, 0.29) is 24.6 Å². The molecule has 1 aromatic heterocycles. The summed E-state index contributed by atoms with van der Waals surface area (Å²) < 4.78 is 7.27. The number of ether oxygens (including phenoxy) is 1. The Morgan fingerprint density at radius 3 is 2.47 bits per heavy atom. The van der Waals surface area contributed by atoms with E-state index in [1.807, 2.05) is 49.4 Å². The van der Waals surface area contributed by atoms with E-state index in [0.29, 0.717) is 12.8 Å². The zero-order valence-electron chi connectivity index (χ0n) is 20.8. The number of anilines is 1. The molecular formula is C28H33N3O5. The molecule has 8 nitrogen and oxygen atoms in total. The lowest BCUT2D eigenvalue weighted by molar-refractivity contribution is -0.138. The van der Waals surface area contributed by atoms with Gasteiger partial charge in [-0.15, -0.1) is 0 Å². The standard InChI is InChI=1S/C28H33N3O5/c1-17-8-13-21-23(30(17)28(35)36-2)14-15-24-26(21)29-25(31(24)19-9-11-20(32)12-10-19)16-22(27(33)34)18-6-4-3-5-7-18/h3-7,14-15,17,19-20,22,32H,8-13,16H2,1-2H3,(H,33,34)/t17-,19-,20-,22?/m0/s1. The van der Waals surface area contributed by atoms with E-state index in [4.69, 9.17) is 9.72 Å². The van der Waals surface area contributed by atoms with Crippen LogP contribution in [0.2, 0.25) is 0 Å². The van der Waals surface area contributed by atoms with E-state index >= 15 is 0 Å². The van der Waals surface area contributed by atoms with Crippen LogP contribution < -0.4 is 4.90 Å². The number of carbonyl (C=O) groups is 2. The van der Waals surface area contributed by atoms with Gasteiger partial charge in [-0.3, -0.25) is 9.69 Å². The maximum Gasteiger partial charge on any atom is 0.414 e. The Morgan fingerprint density at radius 2 is 1.81 bits per heavy atom. The van der Waals surface area contributed by atoms with Crippen LogP contribution in [0.3, 0.4) is 0 Å². The Balaban J connectivity index is 1.65. The van der Waals surface area contributed by atoms with Gasteiger partial charge in [-0.1, -0.05) is 30.3 Å². The molecule has 0 spiro atoms. The van der Waals surface area contributed by atoms with Crippen LogP contribution in [0.25, 0.3) is 11.0 Å². The van der Waals surface area contributed by atoms with Gasteiger partial charge in [-0.25, -0.2) is 9.78 Å². The second-order valence-electron chi connectivity index (χ2n) is 10.0. The number of aliphatic hydroxyl groups is 1. The van der Waals surface area contributed by atoms with Crippen molar-refractivity contribution in [1.29, 1.82) is 0 Å². The number of methoxy groups -OCH3 is 1. The van der Waals surface area contributed by atoms with Crippen molar-refractivity contribution in [1.82, 2.24) is 9.55 Å². The van der Waals surface area contributed by atoms with Gasteiger partial charge in [0.1, 0.15) is 5.82 Å². The molecule has 36 heavy (non-hydrogen) atoms. The number of rotatable bonds is 5. The summed E-state index contributed by atoms with van der Waals surface area (Å²) >= 11 is 0. The van der Waals surface area contributed by atoms with Crippen molar-refractivity contribution in [3.8, 4) is 0 Å². The van der Waals surface area contributed by atoms with Crippen LogP contribution in [0.15, 0.2) is 42.5 Å². The van der Waals surface area contributed by atoms with Gasteiger partial charge in [0.2, 0.25) is 0 Å². The Labute approximate surface area is 210 Å². The highest BCUT2D eigenvalue weighted by Gasteiger charge is 2.34. The third kappa shape index (κ3) is 4.34. The quantitative estimate of drug-likeness (QED) is 0.530. The Morgan fingerprint density at radius 1 is 1.08 bits per heavy atom. The van der Waals surface area contributed by atoms with E-state index in [9.17, 15) is 19.8 Å². The second kappa shape index (κ2) is 9.93. The number of imidazole rings is 1. The SMILES string of the molecule is COC(=O)N1c2ccc3c(nc(CC(C(=O)O)c4ccccc4)n3[C@H]3CC[C@H](O)CC3)c2CC[C@@H]1C. The zero-order valence-corrected chi connectivity index (χ0v) is 20.8. The van der Waals surface area contributed by atoms with Gasteiger partial charge in [-0.05, 0) is 63.1 Å².